The van der Waals surface area contributed by atoms with Crippen molar-refractivity contribution in [1.29, 1.82) is 0 Å². The molecule has 1 amide bonds. The number of amides is 1. The Kier molecular flexibility index (Phi) is 5.74. The van der Waals surface area contributed by atoms with Crippen molar-refractivity contribution in [2.24, 2.45) is 5.41 Å². The zero-order chi connectivity index (χ0) is 20.3. The number of benzene rings is 1. The van der Waals surface area contributed by atoms with Crippen LogP contribution in [-0.2, 0) is 27.9 Å². The summed E-state index contributed by atoms with van der Waals surface area (Å²) in [7, 11) is -3.38. The zero-order valence-corrected chi connectivity index (χ0v) is 17.4. The summed E-state index contributed by atoms with van der Waals surface area (Å²) in [5.41, 5.74) is 0.319. The molecule has 1 aromatic carbocycles. The highest BCUT2D eigenvalue weighted by atomic mass is 32.2. The first-order chi connectivity index (χ1) is 14.0. The number of nitrogens with one attached hydrogen (secondary N) is 1. The lowest BCUT2D eigenvalue weighted by Gasteiger charge is -2.50. The predicted molar refractivity (Wildman–Crippen MR) is 110 cm³/mol. The summed E-state index contributed by atoms with van der Waals surface area (Å²) < 4.78 is 29.3. The Labute approximate surface area is 172 Å². The number of hydrogen-bond donors (Lipinski definition) is 1. The van der Waals surface area contributed by atoms with Crippen molar-refractivity contribution >= 4 is 15.9 Å². The molecule has 1 saturated carbocycles. The Bertz CT molecular complexity index is 930. The molecular formula is C21H28N4O3S. The number of fused-ring (bicyclic) bond motifs is 1. The number of carbonyl (C=O) groups is 1. The lowest BCUT2D eigenvalue weighted by molar-refractivity contribution is -0.137. The lowest BCUT2D eigenvalue weighted by atomic mass is 9.67. The van der Waals surface area contributed by atoms with Gasteiger partial charge in [0.1, 0.15) is 0 Å². The molecule has 8 heteroatoms. The molecule has 1 saturated heterocycles. The van der Waals surface area contributed by atoms with Gasteiger partial charge in [-0.3, -0.25) is 9.48 Å². The fourth-order valence-corrected chi connectivity index (χ4v) is 6.69. The zero-order valence-electron chi connectivity index (χ0n) is 16.5. The van der Waals surface area contributed by atoms with Crippen molar-refractivity contribution in [2.75, 3.05) is 12.3 Å². The van der Waals surface area contributed by atoms with Crippen LogP contribution in [-0.4, -0.2) is 46.8 Å². The molecule has 2 heterocycles. The van der Waals surface area contributed by atoms with Crippen LogP contribution in [0.2, 0.25) is 0 Å². The fourth-order valence-electron chi connectivity index (χ4n) is 4.80. The minimum atomic E-state index is -3.38. The minimum absolute atomic E-state index is 0.0117. The van der Waals surface area contributed by atoms with E-state index in [1.165, 1.54) is 0 Å². The molecule has 29 heavy (non-hydrogen) atoms. The molecule has 2 fully saturated rings. The molecule has 0 radical (unpaired) electrons. The van der Waals surface area contributed by atoms with Gasteiger partial charge in [0.05, 0.1) is 17.7 Å². The summed E-state index contributed by atoms with van der Waals surface area (Å²) in [5.74, 6) is 0.0189. The third-order valence-corrected chi connectivity index (χ3v) is 8.14. The van der Waals surface area contributed by atoms with Gasteiger partial charge in [-0.1, -0.05) is 43.2 Å². The van der Waals surface area contributed by atoms with E-state index < -0.39 is 15.4 Å². The van der Waals surface area contributed by atoms with E-state index in [4.69, 9.17) is 0 Å². The first-order valence-corrected chi connectivity index (χ1v) is 11.9. The molecule has 2 aromatic rings. The Morgan fingerprint density at radius 3 is 2.76 bits per heavy atom. The Morgan fingerprint density at radius 1 is 1.17 bits per heavy atom. The second-order valence-electron chi connectivity index (χ2n) is 8.04. The molecule has 0 bridgehead atoms. The Morgan fingerprint density at radius 2 is 2.00 bits per heavy atom. The van der Waals surface area contributed by atoms with Crippen LogP contribution in [0.4, 0.5) is 0 Å². The first kappa shape index (κ1) is 20.1. The van der Waals surface area contributed by atoms with Crippen LogP contribution in [0.15, 0.2) is 48.8 Å². The summed E-state index contributed by atoms with van der Waals surface area (Å²) in [6.07, 6.45) is 7.37. The molecule has 4 rings (SSSR count). The van der Waals surface area contributed by atoms with E-state index in [2.05, 4.69) is 10.4 Å². The lowest BCUT2D eigenvalue weighted by Crippen LogP contribution is -2.62. The molecule has 0 unspecified atom stereocenters. The fraction of sp³-hybridized carbons (Fsp3) is 0.524. The van der Waals surface area contributed by atoms with E-state index in [0.717, 1.165) is 31.2 Å². The molecule has 1 aliphatic carbocycles. The molecule has 1 aliphatic heterocycles. The second-order valence-corrected chi connectivity index (χ2v) is 10.1. The van der Waals surface area contributed by atoms with Crippen LogP contribution in [0.1, 0.15) is 37.7 Å². The smallest absolute Gasteiger partial charge is 0.227 e. The van der Waals surface area contributed by atoms with Gasteiger partial charge in [-0.15, -0.1) is 0 Å². The molecule has 7 nitrogen and oxygen atoms in total. The van der Waals surface area contributed by atoms with E-state index in [-0.39, 0.29) is 17.7 Å². The minimum Gasteiger partial charge on any atom is -0.354 e. The second kappa shape index (κ2) is 8.28. The van der Waals surface area contributed by atoms with Crippen LogP contribution in [0.25, 0.3) is 0 Å². The SMILES string of the molecule is O=C(NCCn1cccn1)[C@@]12CCCC[C@H]1N(Cc1ccccc1)S(=O)(=O)CC2. The highest BCUT2D eigenvalue weighted by Gasteiger charge is 2.55. The van der Waals surface area contributed by atoms with Crippen molar-refractivity contribution in [2.45, 2.75) is 51.2 Å². The van der Waals surface area contributed by atoms with Crippen LogP contribution in [0.5, 0.6) is 0 Å². The molecule has 1 N–H and O–H groups in total. The predicted octanol–water partition coefficient (Wildman–Crippen LogP) is 2.16. The van der Waals surface area contributed by atoms with E-state index in [1.54, 1.807) is 15.2 Å². The third kappa shape index (κ3) is 4.09. The van der Waals surface area contributed by atoms with Crippen LogP contribution < -0.4 is 5.32 Å². The van der Waals surface area contributed by atoms with Gasteiger partial charge in [0.25, 0.3) is 0 Å². The molecule has 1 aromatic heterocycles. The third-order valence-electron chi connectivity index (χ3n) is 6.32. The standard InChI is InChI=1S/C21H28N4O3S/c26-20(22-13-15-24-14-6-12-23-24)21-10-5-4-9-19(21)25(29(27,28)16-11-21)17-18-7-2-1-3-8-18/h1-3,6-8,12,14,19H,4-5,9-11,13,15-17H2,(H,22,26)/t19-,21-/m1/s1. The largest absolute Gasteiger partial charge is 0.354 e. The highest BCUT2D eigenvalue weighted by molar-refractivity contribution is 7.89. The Hall–Kier alpha value is -2.19. The number of nitrogens with zero attached hydrogens (tertiary/aromatic N) is 3. The first-order valence-electron chi connectivity index (χ1n) is 10.3. The quantitative estimate of drug-likeness (QED) is 0.782. The summed E-state index contributed by atoms with van der Waals surface area (Å²) in [4.78, 5) is 13.3. The Balaban J connectivity index is 1.54. The van der Waals surface area contributed by atoms with E-state index >= 15 is 0 Å². The van der Waals surface area contributed by atoms with Gasteiger partial charge in [0.2, 0.25) is 15.9 Å². The van der Waals surface area contributed by atoms with Gasteiger partial charge in [-0.25, -0.2) is 8.42 Å². The van der Waals surface area contributed by atoms with Gasteiger partial charge in [0, 0.05) is 31.5 Å². The topological polar surface area (TPSA) is 84.3 Å². The van der Waals surface area contributed by atoms with Gasteiger partial charge >= 0.3 is 0 Å². The number of aromatic nitrogens is 2. The van der Waals surface area contributed by atoms with Crippen LogP contribution in [0, 0.1) is 5.41 Å². The molecule has 2 atom stereocenters. The number of hydrogen-bond acceptors (Lipinski definition) is 4. The van der Waals surface area contributed by atoms with Crippen molar-refractivity contribution < 1.29 is 13.2 Å². The van der Waals surface area contributed by atoms with Gasteiger partial charge in [0.15, 0.2) is 0 Å². The van der Waals surface area contributed by atoms with Gasteiger partial charge < -0.3 is 5.32 Å². The van der Waals surface area contributed by atoms with Crippen molar-refractivity contribution in [3.63, 3.8) is 0 Å². The average molecular weight is 417 g/mol. The monoisotopic (exact) mass is 416 g/mol. The van der Waals surface area contributed by atoms with Crippen LogP contribution in [0.3, 0.4) is 0 Å². The highest BCUT2D eigenvalue weighted by Crippen LogP contribution is 2.47. The van der Waals surface area contributed by atoms with E-state index in [1.807, 2.05) is 42.6 Å². The normalized spacial score (nSPS) is 26.6. The summed E-state index contributed by atoms with van der Waals surface area (Å²) in [6, 6.07) is 11.2. The maximum atomic E-state index is 13.3. The van der Waals surface area contributed by atoms with Crippen molar-refractivity contribution in [3.05, 3.63) is 54.4 Å². The van der Waals surface area contributed by atoms with Crippen LogP contribution >= 0.6 is 0 Å². The average Bonchev–Trinajstić information content (AvgIpc) is 3.24. The van der Waals surface area contributed by atoms with Crippen molar-refractivity contribution in [1.82, 2.24) is 19.4 Å². The van der Waals surface area contributed by atoms with Gasteiger partial charge in [-0.05, 0) is 30.9 Å². The van der Waals surface area contributed by atoms with Gasteiger partial charge in [-0.2, -0.15) is 9.40 Å². The number of carbonyl (C=O) groups excluding carboxylic acids is 1. The number of rotatable bonds is 6. The van der Waals surface area contributed by atoms with Crippen molar-refractivity contribution in [3.8, 4) is 0 Å². The molecule has 2 aliphatic rings. The van der Waals surface area contributed by atoms with E-state index in [9.17, 15) is 13.2 Å². The number of sulfonamides is 1. The summed E-state index contributed by atoms with van der Waals surface area (Å²) in [6.45, 7) is 1.42. The maximum Gasteiger partial charge on any atom is 0.227 e. The maximum absolute atomic E-state index is 13.3. The molecule has 156 valence electrons. The summed E-state index contributed by atoms with van der Waals surface area (Å²) >= 11 is 0. The molecular weight excluding hydrogens is 388 g/mol. The summed E-state index contributed by atoms with van der Waals surface area (Å²) in [5, 5.41) is 7.23. The van der Waals surface area contributed by atoms with E-state index in [0.29, 0.717) is 26.1 Å². The molecule has 0 spiro atoms.